The second-order valence-electron chi connectivity index (χ2n) is 1.60. The van der Waals surface area contributed by atoms with Gasteiger partial charge in [-0.2, -0.15) is 0 Å². The summed E-state index contributed by atoms with van der Waals surface area (Å²) >= 11 is 6.92. The van der Waals surface area contributed by atoms with Crippen LogP contribution in [0.3, 0.4) is 0 Å². The minimum Gasteiger partial charge on any atom is -0.102 e. The fourth-order valence-electron chi connectivity index (χ4n) is 0.373. The van der Waals surface area contributed by atoms with E-state index in [0.29, 0.717) is 9.65 Å². The molecule has 0 rings (SSSR count). The molecule has 0 spiro atoms. The highest BCUT2D eigenvalue weighted by atomic mass is 79.9. The Hall–Kier alpha value is 0.700. The van der Waals surface area contributed by atoms with Gasteiger partial charge in [-0.1, -0.05) is 44.9 Å². The Morgan fingerprint density at radius 3 is 2.25 bits per heavy atom. The summed E-state index contributed by atoms with van der Waals surface area (Å²) in [6.07, 6.45) is 3.02. The summed E-state index contributed by atoms with van der Waals surface area (Å²) in [5.74, 6) is 0. The van der Waals surface area contributed by atoms with Gasteiger partial charge in [0.05, 0.1) is 0 Å². The quantitative estimate of drug-likeness (QED) is 0.526. The van der Waals surface area contributed by atoms with Crippen LogP contribution in [0.15, 0.2) is 12.7 Å². The maximum atomic E-state index is 3.65. The van der Waals surface area contributed by atoms with Crippen molar-refractivity contribution in [2.75, 3.05) is 0 Å². The van der Waals surface area contributed by atoms with E-state index in [-0.39, 0.29) is 0 Å². The van der Waals surface area contributed by atoms with Crippen LogP contribution in [-0.2, 0) is 0 Å². The van der Waals surface area contributed by atoms with Crippen molar-refractivity contribution in [2.24, 2.45) is 0 Å². The van der Waals surface area contributed by atoms with E-state index in [0.717, 1.165) is 6.42 Å². The lowest BCUT2D eigenvalue weighted by Crippen LogP contribution is -2.08. The summed E-state index contributed by atoms with van der Waals surface area (Å²) in [5, 5.41) is 0. The first-order valence-electron chi connectivity index (χ1n) is 2.63. The first-order chi connectivity index (χ1) is 3.72. The van der Waals surface area contributed by atoms with Crippen LogP contribution in [-0.4, -0.2) is 9.65 Å². The fraction of sp³-hybridized carbons (Fsp3) is 0.667. The molecule has 0 N–H and O–H groups in total. The number of rotatable bonds is 3. The van der Waals surface area contributed by atoms with Crippen molar-refractivity contribution in [2.45, 2.75) is 23.0 Å². The highest BCUT2D eigenvalue weighted by Crippen LogP contribution is 2.17. The third-order valence-corrected chi connectivity index (χ3v) is 3.90. The number of alkyl halides is 2. The molecule has 0 radical (unpaired) electrons. The van der Waals surface area contributed by atoms with Gasteiger partial charge in [-0.3, -0.25) is 0 Å². The summed E-state index contributed by atoms with van der Waals surface area (Å²) in [6.45, 7) is 5.79. The van der Waals surface area contributed by atoms with Crippen LogP contribution in [0.2, 0.25) is 0 Å². The Bertz CT molecular complexity index is 70.9. The monoisotopic (exact) mass is 240 g/mol. The summed E-state index contributed by atoms with van der Waals surface area (Å²) in [7, 11) is 0. The second kappa shape index (κ2) is 4.57. The van der Waals surface area contributed by atoms with Crippen molar-refractivity contribution in [3.8, 4) is 0 Å². The van der Waals surface area contributed by atoms with E-state index in [4.69, 9.17) is 0 Å². The molecule has 0 bridgehead atoms. The number of halogens is 2. The Labute approximate surface area is 67.6 Å². The topological polar surface area (TPSA) is 0 Å². The molecule has 8 heavy (non-hydrogen) atoms. The molecule has 0 heterocycles. The van der Waals surface area contributed by atoms with Gasteiger partial charge in [-0.05, 0) is 6.42 Å². The molecule has 0 aliphatic carbocycles. The summed E-state index contributed by atoms with van der Waals surface area (Å²) < 4.78 is 0. The largest absolute Gasteiger partial charge is 0.102 e. The number of hydrogen-bond acceptors (Lipinski definition) is 0. The molecular formula is C6H10Br2. The third-order valence-electron chi connectivity index (χ3n) is 0.961. The normalized spacial score (nSPS) is 17.4. The Balaban J connectivity index is 3.44. The predicted octanol–water partition coefficient (Wildman–Crippen LogP) is 3.11. The van der Waals surface area contributed by atoms with Crippen LogP contribution in [0.1, 0.15) is 13.3 Å². The molecule has 0 aliphatic heterocycles. The highest BCUT2D eigenvalue weighted by Gasteiger charge is 2.07. The fourth-order valence-corrected chi connectivity index (χ4v) is 0.962. The van der Waals surface area contributed by atoms with Gasteiger partial charge in [0.2, 0.25) is 0 Å². The molecule has 0 saturated heterocycles. The SMILES string of the molecule is C=CC(Br)C(Br)CC. The molecule has 48 valence electrons. The minimum atomic E-state index is 0.410. The predicted molar refractivity (Wildman–Crippen MR) is 45.9 cm³/mol. The molecule has 0 nitrogen and oxygen atoms in total. The molecule has 0 saturated carbocycles. The second-order valence-corrected chi connectivity index (χ2v) is 3.84. The van der Waals surface area contributed by atoms with Crippen molar-refractivity contribution in [3.63, 3.8) is 0 Å². The standard InChI is InChI=1S/C6H10Br2/c1-3-5(7)6(8)4-2/h3,5-6H,1,4H2,2H3. The van der Waals surface area contributed by atoms with Gasteiger partial charge < -0.3 is 0 Å². The average molecular weight is 242 g/mol. The Morgan fingerprint density at radius 2 is 2.12 bits per heavy atom. The molecule has 2 heteroatoms. The number of allylic oxidation sites excluding steroid dienone is 1. The van der Waals surface area contributed by atoms with Gasteiger partial charge in [-0.15, -0.1) is 6.58 Å². The minimum absolute atomic E-state index is 0.410. The zero-order valence-electron chi connectivity index (χ0n) is 4.90. The van der Waals surface area contributed by atoms with Crippen molar-refractivity contribution in [1.82, 2.24) is 0 Å². The zero-order chi connectivity index (χ0) is 6.57. The van der Waals surface area contributed by atoms with Crippen molar-refractivity contribution >= 4 is 31.9 Å². The highest BCUT2D eigenvalue weighted by molar-refractivity contribution is 9.12. The van der Waals surface area contributed by atoms with E-state index in [9.17, 15) is 0 Å². The maximum absolute atomic E-state index is 3.65. The molecule has 2 atom stereocenters. The van der Waals surface area contributed by atoms with Gasteiger partial charge in [0, 0.05) is 9.65 Å². The van der Waals surface area contributed by atoms with E-state index in [1.54, 1.807) is 0 Å². The van der Waals surface area contributed by atoms with Crippen LogP contribution < -0.4 is 0 Å². The van der Waals surface area contributed by atoms with Crippen molar-refractivity contribution < 1.29 is 0 Å². The Kier molecular flexibility index (Phi) is 4.97. The smallest absolute Gasteiger partial charge is 0.0447 e. The first kappa shape index (κ1) is 8.70. The molecule has 0 fully saturated rings. The van der Waals surface area contributed by atoms with E-state index in [1.807, 2.05) is 6.08 Å². The van der Waals surface area contributed by atoms with Crippen LogP contribution in [0.25, 0.3) is 0 Å². The lowest BCUT2D eigenvalue weighted by atomic mass is 10.2. The molecule has 0 amide bonds. The van der Waals surface area contributed by atoms with Gasteiger partial charge in [-0.25, -0.2) is 0 Å². The molecular weight excluding hydrogens is 232 g/mol. The van der Waals surface area contributed by atoms with E-state index >= 15 is 0 Å². The van der Waals surface area contributed by atoms with Gasteiger partial charge in [0.15, 0.2) is 0 Å². The molecule has 0 aromatic rings. The van der Waals surface area contributed by atoms with E-state index in [1.165, 1.54) is 0 Å². The summed E-state index contributed by atoms with van der Waals surface area (Å²) in [5.41, 5.74) is 0. The third kappa shape index (κ3) is 2.88. The Morgan fingerprint density at radius 1 is 1.62 bits per heavy atom. The molecule has 0 aromatic carbocycles. The summed E-state index contributed by atoms with van der Waals surface area (Å²) in [6, 6.07) is 0. The summed E-state index contributed by atoms with van der Waals surface area (Å²) in [4.78, 5) is 0.937. The maximum Gasteiger partial charge on any atom is 0.0447 e. The van der Waals surface area contributed by atoms with Crippen molar-refractivity contribution in [1.29, 1.82) is 0 Å². The van der Waals surface area contributed by atoms with Crippen LogP contribution >= 0.6 is 31.9 Å². The zero-order valence-corrected chi connectivity index (χ0v) is 8.07. The van der Waals surface area contributed by atoms with Crippen molar-refractivity contribution in [3.05, 3.63) is 12.7 Å². The molecule has 0 aliphatic rings. The van der Waals surface area contributed by atoms with E-state index < -0.39 is 0 Å². The molecule has 2 unspecified atom stereocenters. The van der Waals surface area contributed by atoms with Gasteiger partial charge >= 0.3 is 0 Å². The van der Waals surface area contributed by atoms with Gasteiger partial charge in [0.1, 0.15) is 0 Å². The number of hydrogen-bond donors (Lipinski definition) is 0. The first-order valence-corrected chi connectivity index (χ1v) is 4.46. The molecule has 0 aromatic heterocycles. The van der Waals surface area contributed by atoms with Crippen LogP contribution in [0.5, 0.6) is 0 Å². The lowest BCUT2D eigenvalue weighted by Gasteiger charge is -2.08. The average Bonchev–Trinajstić information content (AvgIpc) is 1.84. The van der Waals surface area contributed by atoms with Crippen LogP contribution in [0.4, 0.5) is 0 Å². The van der Waals surface area contributed by atoms with Gasteiger partial charge in [0.25, 0.3) is 0 Å². The lowest BCUT2D eigenvalue weighted by molar-refractivity contribution is 0.872. The van der Waals surface area contributed by atoms with Crippen LogP contribution in [0, 0.1) is 0 Å². The van der Waals surface area contributed by atoms with E-state index in [2.05, 4.69) is 45.4 Å².